The van der Waals surface area contributed by atoms with Crippen molar-refractivity contribution in [2.75, 3.05) is 11.9 Å². The summed E-state index contributed by atoms with van der Waals surface area (Å²) in [5.41, 5.74) is 3.87. The zero-order valence-electron chi connectivity index (χ0n) is 19.0. The maximum Gasteiger partial charge on any atom is 0.244 e. The van der Waals surface area contributed by atoms with Crippen LogP contribution in [0.4, 0.5) is 5.69 Å². The lowest BCUT2D eigenvalue weighted by Crippen LogP contribution is -2.46. The number of nitriles is 1. The average Bonchev–Trinajstić information content (AvgIpc) is 2.73. The van der Waals surface area contributed by atoms with Crippen LogP contribution in [0.15, 0.2) is 41.3 Å². The van der Waals surface area contributed by atoms with Gasteiger partial charge in [0.25, 0.3) is 0 Å². The molecule has 7 heteroatoms. The summed E-state index contributed by atoms with van der Waals surface area (Å²) in [7, 11) is -3.84. The minimum Gasteiger partial charge on any atom is -0.325 e. The van der Waals surface area contributed by atoms with Crippen LogP contribution < -0.4 is 5.32 Å². The summed E-state index contributed by atoms with van der Waals surface area (Å²) in [5.74, 6) is -0.366. The molecule has 0 bridgehead atoms. The number of anilines is 1. The van der Waals surface area contributed by atoms with Crippen molar-refractivity contribution in [3.8, 4) is 6.07 Å². The zero-order chi connectivity index (χ0) is 23.3. The Labute approximate surface area is 191 Å². The SMILES string of the molecule is Cc1cc(C)c(S(=O)(=O)N(CC(=O)Nc2ccc(CC#N)cc2)C2CCCCC2)c(C)c1. The predicted octanol–water partition coefficient (Wildman–Crippen LogP) is 4.64. The van der Waals surface area contributed by atoms with Crippen LogP contribution in [0.25, 0.3) is 0 Å². The number of aryl methyl sites for hydroxylation is 3. The number of benzene rings is 2. The molecule has 1 N–H and O–H groups in total. The lowest BCUT2D eigenvalue weighted by Gasteiger charge is -2.33. The van der Waals surface area contributed by atoms with Gasteiger partial charge in [-0.15, -0.1) is 0 Å². The van der Waals surface area contributed by atoms with Gasteiger partial charge in [-0.1, -0.05) is 49.1 Å². The first-order chi connectivity index (χ1) is 15.2. The number of hydrogen-bond donors (Lipinski definition) is 1. The molecule has 32 heavy (non-hydrogen) atoms. The molecule has 2 aromatic carbocycles. The van der Waals surface area contributed by atoms with Crippen molar-refractivity contribution in [2.24, 2.45) is 0 Å². The third kappa shape index (κ3) is 5.56. The molecule has 1 aliphatic carbocycles. The molecule has 0 radical (unpaired) electrons. The van der Waals surface area contributed by atoms with Crippen LogP contribution >= 0.6 is 0 Å². The standard InChI is InChI=1S/C25H31N3O3S/c1-18-15-19(2)25(20(3)16-18)32(30,31)28(23-7-5-4-6-8-23)17-24(29)27-22-11-9-21(10-12-22)13-14-26/h9-12,15-16,23H,4-8,13,17H2,1-3H3,(H,27,29). The first-order valence-electron chi connectivity index (χ1n) is 11.1. The second-order valence-electron chi connectivity index (χ2n) is 8.65. The number of nitrogens with zero attached hydrogens (tertiary/aromatic N) is 2. The number of hydrogen-bond acceptors (Lipinski definition) is 4. The summed E-state index contributed by atoms with van der Waals surface area (Å²) in [6.45, 7) is 5.36. The van der Waals surface area contributed by atoms with Crippen molar-refractivity contribution < 1.29 is 13.2 Å². The van der Waals surface area contributed by atoms with Crippen LogP contribution in [0.1, 0.15) is 54.4 Å². The molecule has 1 aliphatic rings. The molecular weight excluding hydrogens is 422 g/mol. The van der Waals surface area contributed by atoms with E-state index in [1.54, 1.807) is 24.3 Å². The number of amides is 1. The van der Waals surface area contributed by atoms with E-state index in [4.69, 9.17) is 5.26 Å². The fourth-order valence-electron chi connectivity index (χ4n) is 4.61. The van der Waals surface area contributed by atoms with Gasteiger partial charge in [0.15, 0.2) is 0 Å². The number of carbonyl (C=O) groups is 1. The van der Waals surface area contributed by atoms with E-state index in [-0.39, 0.29) is 18.5 Å². The summed E-state index contributed by atoms with van der Waals surface area (Å²) in [5, 5.41) is 11.6. The Morgan fingerprint density at radius 2 is 1.66 bits per heavy atom. The van der Waals surface area contributed by atoms with E-state index in [1.807, 2.05) is 32.9 Å². The van der Waals surface area contributed by atoms with Crippen molar-refractivity contribution in [3.05, 3.63) is 58.7 Å². The van der Waals surface area contributed by atoms with Gasteiger partial charge in [-0.05, 0) is 62.4 Å². The summed E-state index contributed by atoms with van der Waals surface area (Å²) in [6.07, 6.45) is 4.85. The largest absolute Gasteiger partial charge is 0.325 e. The molecule has 3 rings (SSSR count). The fourth-order valence-corrected chi connectivity index (χ4v) is 6.67. The average molecular weight is 454 g/mol. The smallest absolute Gasteiger partial charge is 0.244 e. The maximum absolute atomic E-state index is 13.8. The molecule has 6 nitrogen and oxygen atoms in total. The number of sulfonamides is 1. The Kier molecular flexibility index (Phi) is 7.70. The van der Waals surface area contributed by atoms with Gasteiger partial charge in [0.05, 0.1) is 23.9 Å². The van der Waals surface area contributed by atoms with Crippen LogP contribution in [0, 0.1) is 32.1 Å². The highest BCUT2D eigenvalue weighted by Crippen LogP contribution is 2.31. The molecule has 0 atom stereocenters. The summed E-state index contributed by atoms with van der Waals surface area (Å²) < 4.78 is 29.0. The molecule has 0 spiro atoms. The highest BCUT2D eigenvalue weighted by Gasteiger charge is 2.35. The van der Waals surface area contributed by atoms with Crippen molar-refractivity contribution >= 4 is 21.6 Å². The summed E-state index contributed by atoms with van der Waals surface area (Å²) in [4.78, 5) is 13.2. The Hall–Kier alpha value is -2.69. The number of rotatable bonds is 7. The van der Waals surface area contributed by atoms with E-state index in [9.17, 15) is 13.2 Å². The van der Waals surface area contributed by atoms with Crippen LogP contribution in [0.5, 0.6) is 0 Å². The molecule has 0 aliphatic heterocycles. The lowest BCUT2D eigenvalue weighted by molar-refractivity contribution is -0.116. The van der Waals surface area contributed by atoms with Crippen LogP contribution in [0.2, 0.25) is 0 Å². The number of nitrogens with one attached hydrogen (secondary N) is 1. The van der Waals surface area contributed by atoms with Gasteiger partial charge < -0.3 is 5.32 Å². The zero-order valence-corrected chi connectivity index (χ0v) is 19.8. The molecule has 170 valence electrons. The van der Waals surface area contributed by atoms with Gasteiger partial charge in [0.1, 0.15) is 0 Å². The maximum atomic E-state index is 13.8. The van der Waals surface area contributed by atoms with E-state index < -0.39 is 10.0 Å². The monoisotopic (exact) mass is 453 g/mol. The first kappa shape index (κ1) is 24.0. The van der Waals surface area contributed by atoms with Gasteiger partial charge in [-0.2, -0.15) is 9.57 Å². The van der Waals surface area contributed by atoms with Crippen LogP contribution in [-0.2, 0) is 21.2 Å². The van der Waals surface area contributed by atoms with E-state index in [2.05, 4.69) is 11.4 Å². The number of carbonyl (C=O) groups excluding carboxylic acids is 1. The first-order valence-corrected chi connectivity index (χ1v) is 12.5. The van der Waals surface area contributed by atoms with Crippen molar-refractivity contribution in [3.63, 3.8) is 0 Å². The molecule has 0 aromatic heterocycles. The molecule has 0 heterocycles. The van der Waals surface area contributed by atoms with Gasteiger partial charge in [0, 0.05) is 11.7 Å². The Bertz CT molecular complexity index is 1090. The Morgan fingerprint density at radius 1 is 1.06 bits per heavy atom. The minimum absolute atomic E-state index is 0.183. The highest BCUT2D eigenvalue weighted by atomic mass is 32.2. The molecule has 0 unspecified atom stereocenters. The fraction of sp³-hybridized carbons (Fsp3) is 0.440. The topological polar surface area (TPSA) is 90.3 Å². The highest BCUT2D eigenvalue weighted by molar-refractivity contribution is 7.89. The summed E-state index contributed by atoms with van der Waals surface area (Å²) in [6, 6.07) is 12.7. The lowest BCUT2D eigenvalue weighted by atomic mass is 9.95. The normalized spacial score (nSPS) is 14.8. The minimum atomic E-state index is -3.84. The third-order valence-corrected chi connectivity index (χ3v) is 8.18. The summed E-state index contributed by atoms with van der Waals surface area (Å²) >= 11 is 0. The molecule has 2 aromatic rings. The van der Waals surface area contributed by atoms with Gasteiger partial charge in [0.2, 0.25) is 15.9 Å². The quantitative estimate of drug-likeness (QED) is 0.661. The van der Waals surface area contributed by atoms with Crippen molar-refractivity contribution in [1.82, 2.24) is 4.31 Å². The van der Waals surface area contributed by atoms with Crippen molar-refractivity contribution in [2.45, 2.75) is 70.2 Å². The van der Waals surface area contributed by atoms with E-state index in [0.717, 1.165) is 43.2 Å². The van der Waals surface area contributed by atoms with Crippen molar-refractivity contribution in [1.29, 1.82) is 5.26 Å². The second kappa shape index (κ2) is 10.3. The van der Waals surface area contributed by atoms with Gasteiger partial charge in [-0.3, -0.25) is 4.79 Å². The molecular formula is C25H31N3O3S. The molecule has 1 fully saturated rings. The molecule has 1 amide bonds. The Balaban J connectivity index is 1.88. The van der Waals surface area contributed by atoms with Gasteiger partial charge >= 0.3 is 0 Å². The van der Waals surface area contributed by atoms with Gasteiger partial charge in [-0.25, -0.2) is 8.42 Å². The van der Waals surface area contributed by atoms with E-state index in [1.165, 1.54) is 4.31 Å². The Morgan fingerprint density at radius 3 is 2.22 bits per heavy atom. The van der Waals surface area contributed by atoms with Crippen LogP contribution in [0.3, 0.4) is 0 Å². The third-order valence-electron chi connectivity index (χ3n) is 5.97. The van der Waals surface area contributed by atoms with E-state index >= 15 is 0 Å². The molecule has 1 saturated carbocycles. The van der Waals surface area contributed by atoms with E-state index in [0.29, 0.717) is 28.1 Å². The molecule has 0 saturated heterocycles. The predicted molar refractivity (Wildman–Crippen MR) is 126 cm³/mol. The second-order valence-corrected chi connectivity index (χ2v) is 10.5. The van der Waals surface area contributed by atoms with Crippen LogP contribution in [-0.4, -0.2) is 31.2 Å².